The molecule has 17 heavy (non-hydrogen) atoms. The van der Waals surface area contributed by atoms with Gasteiger partial charge in [0.25, 0.3) is 0 Å². The number of imide groups is 1. The summed E-state index contributed by atoms with van der Waals surface area (Å²) in [4.78, 5) is 26.8. The Morgan fingerprint density at radius 3 is 2.53 bits per heavy atom. The first-order chi connectivity index (χ1) is 7.92. The molecule has 0 heterocycles. The normalized spacial score (nSPS) is 11.6. The SMILES string of the molecule is C=C(Cl)/N=C\C(=C/N)N(C=O)C(=O)NC(C)C. The van der Waals surface area contributed by atoms with E-state index in [1.165, 1.54) is 6.21 Å². The van der Waals surface area contributed by atoms with E-state index >= 15 is 0 Å². The van der Waals surface area contributed by atoms with Crippen LogP contribution in [0.2, 0.25) is 0 Å². The van der Waals surface area contributed by atoms with Crippen molar-refractivity contribution in [1.82, 2.24) is 10.2 Å². The number of aliphatic imine (C=N–C) groups is 1. The van der Waals surface area contributed by atoms with Crippen LogP contribution in [0.4, 0.5) is 4.79 Å². The molecular weight excluding hydrogens is 244 g/mol. The Balaban J connectivity index is 4.90. The second-order valence-electron chi connectivity index (χ2n) is 3.31. The first-order valence-electron chi connectivity index (χ1n) is 4.77. The smallest absolute Gasteiger partial charge is 0.328 e. The lowest BCUT2D eigenvalue weighted by atomic mass is 10.4. The summed E-state index contributed by atoms with van der Waals surface area (Å²) < 4.78 is 0. The summed E-state index contributed by atoms with van der Waals surface area (Å²) in [6, 6.07) is -0.706. The van der Waals surface area contributed by atoms with Gasteiger partial charge in [-0.2, -0.15) is 0 Å². The summed E-state index contributed by atoms with van der Waals surface area (Å²) in [5, 5.41) is 2.55. The number of urea groups is 1. The molecule has 3 N–H and O–H groups in total. The third-order valence-corrected chi connectivity index (χ3v) is 1.62. The van der Waals surface area contributed by atoms with E-state index < -0.39 is 6.03 Å². The number of hydrogen-bond donors (Lipinski definition) is 2. The van der Waals surface area contributed by atoms with E-state index in [1.54, 1.807) is 13.8 Å². The zero-order chi connectivity index (χ0) is 13.4. The minimum Gasteiger partial charge on any atom is -0.403 e. The van der Waals surface area contributed by atoms with Crippen molar-refractivity contribution >= 4 is 30.3 Å². The molecule has 0 spiro atoms. The predicted octanol–water partition coefficient (Wildman–Crippen LogP) is 1.14. The van der Waals surface area contributed by atoms with E-state index in [-0.39, 0.29) is 16.9 Å². The van der Waals surface area contributed by atoms with Gasteiger partial charge in [0.2, 0.25) is 6.41 Å². The Labute approximate surface area is 105 Å². The minimum absolute atomic E-state index is 0.0134. The van der Waals surface area contributed by atoms with E-state index in [4.69, 9.17) is 17.3 Å². The molecule has 0 radical (unpaired) electrons. The third-order valence-electron chi connectivity index (χ3n) is 1.52. The zero-order valence-electron chi connectivity index (χ0n) is 9.68. The maximum Gasteiger partial charge on any atom is 0.328 e. The van der Waals surface area contributed by atoms with E-state index in [1.807, 2.05) is 0 Å². The molecule has 7 heteroatoms. The van der Waals surface area contributed by atoms with Gasteiger partial charge in [0.1, 0.15) is 5.16 Å². The molecule has 94 valence electrons. The van der Waals surface area contributed by atoms with Crippen LogP contribution in [0.25, 0.3) is 0 Å². The first-order valence-corrected chi connectivity index (χ1v) is 5.15. The Morgan fingerprint density at radius 1 is 1.59 bits per heavy atom. The highest BCUT2D eigenvalue weighted by Crippen LogP contribution is 2.02. The van der Waals surface area contributed by atoms with E-state index in [0.29, 0.717) is 6.41 Å². The van der Waals surface area contributed by atoms with Gasteiger partial charge >= 0.3 is 6.03 Å². The largest absolute Gasteiger partial charge is 0.403 e. The Kier molecular flexibility index (Phi) is 6.65. The molecule has 0 aliphatic heterocycles. The Bertz CT molecular complexity index is 363. The number of nitrogens with two attached hydrogens (primary N) is 1. The first kappa shape index (κ1) is 15.2. The van der Waals surface area contributed by atoms with Gasteiger partial charge in [-0.3, -0.25) is 4.79 Å². The fraction of sp³-hybridized carbons (Fsp3) is 0.300. The molecule has 0 saturated heterocycles. The summed E-state index contributed by atoms with van der Waals surface area (Å²) in [5.41, 5.74) is 5.39. The molecule has 0 aromatic carbocycles. The van der Waals surface area contributed by atoms with Crippen molar-refractivity contribution < 1.29 is 9.59 Å². The number of amides is 3. The fourth-order valence-electron chi connectivity index (χ4n) is 0.864. The molecule has 0 fully saturated rings. The van der Waals surface area contributed by atoms with Gasteiger partial charge in [-0.25, -0.2) is 14.7 Å². The maximum absolute atomic E-state index is 11.6. The second-order valence-corrected chi connectivity index (χ2v) is 3.74. The molecule has 0 aliphatic rings. The van der Waals surface area contributed by atoms with Crippen molar-refractivity contribution in [2.24, 2.45) is 10.7 Å². The molecule has 0 bridgehead atoms. The van der Waals surface area contributed by atoms with Crippen molar-refractivity contribution in [3.8, 4) is 0 Å². The van der Waals surface area contributed by atoms with Crippen LogP contribution in [0.5, 0.6) is 0 Å². The number of allylic oxidation sites excluding steroid dienone is 1. The highest BCUT2D eigenvalue weighted by Gasteiger charge is 2.16. The number of nitrogens with one attached hydrogen (secondary N) is 1. The molecule has 0 atom stereocenters. The van der Waals surface area contributed by atoms with Crippen LogP contribution in [0.1, 0.15) is 13.8 Å². The number of nitrogens with zero attached hydrogens (tertiary/aromatic N) is 2. The molecule has 3 amide bonds. The summed E-state index contributed by atoms with van der Waals surface area (Å²) in [5.74, 6) is 0. The third kappa shape index (κ3) is 5.72. The van der Waals surface area contributed by atoms with Crippen molar-refractivity contribution in [2.75, 3.05) is 0 Å². The van der Waals surface area contributed by atoms with Gasteiger partial charge in [0, 0.05) is 12.2 Å². The summed E-state index contributed by atoms with van der Waals surface area (Å²) in [6.07, 6.45) is 2.57. The Morgan fingerprint density at radius 2 is 2.18 bits per heavy atom. The minimum atomic E-state index is -0.599. The van der Waals surface area contributed by atoms with E-state index in [0.717, 1.165) is 11.1 Å². The molecule has 6 nitrogen and oxygen atoms in total. The van der Waals surface area contributed by atoms with Crippen LogP contribution < -0.4 is 11.1 Å². The standard InChI is InChI=1S/C10H15ClN4O2/c1-7(2)14-10(17)15(6-16)9(4-12)5-13-8(3)11/h4-7H,3,12H2,1-2H3,(H,14,17)/b9-4+,13-5-. The number of rotatable bonds is 5. The van der Waals surface area contributed by atoms with Crippen LogP contribution >= 0.6 is 11.6 Å². The number of halogens is 1. The van der Waals surface area contributed by atoms with Crippen LogP contribution in [-0.2, 0) is 4.79 Å². The summed E-state index contributed by atoms with van der Waals surface area (Å²) in [7, 11) is 0. The van der Waals surface area contributed by atoms with Crippen molar-refractivity contribution in [1.29, 1.82) is 0 Å². The lowest BCUT2D eigenvalue weighted by Crippen LogP contribution is -2.42. The number of hydrogen-bond acceptors (Lipinski definition) is 4. The predicted molar refractivity (Wildman–Crippen MR) is 67.3 cm³/mol. The molecule has 0 rings (SSSR count). The second kappa shape index (κ2) is 7.45. The monoisotopic (exact) mass is 258 g/mol. The Hall–Kier alpha value is -1.82. The molecule has 0 aromatic rings. The molecule has 0 aromatic heterocycles. The topological polar surface area (TPSA) is 87.8 Å². The van der Waals surface area contributed by atoms with Gasteiger partial charge in [-0.1, -0.05) is 18.2 Å². The molecular formula is C10H15ClN4O2. The molecule has 0 saturated carbocycles. The van der Waals surface area contributed by atoms with E-state index in [2.05, 4.69) is 16.9 Å². The molecule has 0 unspecified atom stereocenters. The van der Waals surface area contributed by atoms with Gasteiger partial charge in [-0.15, -0.1) is 0 Å². The van der Waals surface area contributed by atoms with Crippen LogP contribution in [0.3, 0.4) is 0 Å². The van der Waals surface area contributed by atoms with Gasteiger partial charge in [-0.05, 0) is 13.8 Å². The average molecular weight is 259 g/mol. The lowest BCUT2D eigenvalue weighted by Gasteiger charge is -2.18. The van der Waals surface area contributed by atoms with E-state index in [9.17, 15) is 9.59 Å². The maximum atomic E-state index is 11.6. The lowest BCUT2D eigenvalue weighted by molar-refractivity contribution is -0.114. The molecule has 0 aliphatic carbocycles. The van der Waals surface area contributed by atoms with Crippen molar-refractivity contribution in [3.63, 3.8) is 0 Å². The summed E-state index contributed by atoms with van der Waals surface area (Å²) >= 11 is 5.42. The van der Waals surface area contributed by atoms with Gasteiger partial charge in [0.15, 0.2) is 0 Å². The summed E-state index contributed by atoms with van der Waals surface area (Å²) in [6.45, 7) is 6.86. The highest BCUT2D eigenvalue weighted by atomic mass is 35.5. The van der Waals surface area contributed by atoms with Crippen molar-refractivity contribution in [3.05, 3.63) is 23.6 Å². The number of carbonyl (C=O) groups is 2. The quantitative estimate of drug-likeness (QED) is 0.440. The van der Waals surface area contributed by atoms with Crippen LogP contribution in [0, 0.1) is 0 Å². The van der Waals surface area contributed by atoms with Gasteiger partial charge in [0.05, 0.1) is 11.9 Å². The van der Waals surface area contributed by atoms with Crippen molar-refractivity contribution in [2.45, 2.75) is 19.9 Å². The van der Waals surface area contributed by atoms with Gasteiger partial charge < -0.3 is 11.1 Å². The average Bonchev–Trinajstić information content (AvgIpc) is 2.22. The zero-order valence-corrected chi connectivity index (χ0v) is 10.4. The van der Waals surface area contributed by atoms with Crippen LogP contribution in [0.15, 0.2) is 28.6 Å². The highest BCUT2D eigenvalue weighted by molar-refractivity contribution is 6.29. The number of carbonyl (C=O) groups excluding carboxylic acids is 2. The van der Waals surface area contributed by atoms with Crippen LogP contribution in [-0.4, -0.2) is 29.6 Å². The fourth-order valence-corrected chi connectivity index (χ4v) is 0.913.